The van der Waals surface area contributed by atoms with Gasteiger partial charge in [0.1, 0.15) is 23.6 Å². The molecule has 2 saturated heterocycles. The lowest BCUT2D eigenvalue weighted by molar-refractivity contribution is -0.734. The van der Waals surface area contributed by atoms with Crippen LogP contribution in [0.2, 0.25) is 0 Å². The lowest BCUT2D eigenvalue weighted by Gasteiger charge is -2.28. The van der Waals surface area contributed by atoms with Crippen LogP contribution in [-0.2, 0) is 19.1 Å². The number of thioether (sulfide) groups is 1. The molecular weight excluding hydrogens is 368 g/mol. The number of imide groups is 1. The average molecular weight is 393 g/mol. The first kappa shape index (κ1) is 19.7. The van der Waals surface area contributed by atoms with E-state index in [1.165, 1.54) is 14.2 Å². The molecular formula is C19H25N2O5S+. The molecule has 8 heteroatoms. The summed E-state index contributed by atoms with van der Waals surface area (Å²) in [7, 11) is 4.38. The van der Waals surface area contributed by atoms with Gasteiger partial charge in [0.2, 0.25) is 17.4 Å². The van der Waals surface area contributed by atoms with E-state index in [-0.39, 0.29) is 11.8 Å². The average Bonchev–Trinajstić information content (AvgIpc) is 3.15. The van der Waals surface area contributed by atoms with Crippen molar-refractivity contribution in [1.29, 1.82) is 0 Å². The van der Waals surface area contributed by atoms with Crippen LogP contribution < -0.4 is 10.1 Å². The SMILES string of the molecule is COC(=O)[C@]1(CCSC)[NH2+][C@H](c2ccccc2OC)[C@H]2C(=O)N(C)C(=O)[C@H]21. The summed E-state index contributed by atoms with van der Waals surface area (Å²) in [5.41, 5.74) is -0.313. The largest absolute Gasteiger partial charge is 0.496 e. The Labute approximate surface area is 162 Å². The standard InChI is InChI=1S/C19H24N2O5S/c1-21-16(22)13-14(17(21)23)19(9-10-27-4,18(24)26-3)20-15(13)11-7-5-6-8-12(11)25-2/h5-8,13-15,20H,9-10H2,1-4H3/p+1/t13-,14-,15+,19+/m0/s1. The summed E-state index contributed by atoms with van der Waals surface area (Å²) in [6.45, 7) is 0. The molecule has 2 heterocycles. The van der Waals surface area contributed by atoms with E-state index in [9.17, 15) is 14.4 Å². The molecule has 2 aliphatic rings. The second kappa shape index (κ2) is 7.52. The van der Waals surface area contributed by atoms with Crippen LogP contribution >= 0.6 is 11.8 Å². The fourth-order valence-corrected chi connectivity index (χ4v) is 5.03. The third kappa shape index (κ3) is 2.91. The number of benzene rings is 1. The third-order valence-electron chi connectivity index (χ3n) is 5.77. The van der Waals surface area contributed by atoms with Gasteiger partial charge in [0.05, 0.1) is 19.8 Å². The number of amides is 2. The maximum absolute atomic E-state index is 13.0. The minimum atomic E-state index is -1.12. The molecule has 3 rings (SSSR count). The first-order chi connectivity index (χ1) is 12.9. The Bertz CT molecular complexity index is 770. The van der Waals surface area contributed by atoms with E-state index in [1.807, 2.05) is 35.8 Å². The minimum Gasteiger partial charge on any atom is -0.496 e. The smallest absolute Gasteiger partial charge is 0.368 e. The van der Waals surface area contributed by atoms with Crippen molar-refractivity contribution in [2.45, 2.75) is 18.0 Å². The number of hydrogen-bond acceptors (Lipinski definition) is 6. The highest BCUT2D eigenvalue weighted by Gasteiger charge is 2.71. The predicted molar refractivity (Wildman–Crippen MR) is 100 cm³/mol. The highest BCUT2D eigenvalue weighted by Crippen LogP contribution is 2.47. The van der Waals surface area contributed by atoms with Crippen LogP contribution in [0.3, 0.4) is 0 Å². The van der Waals surface area contributed by atoms with Crippen molar-refractivity contribution in [3.05, 3.63) is 29.8 Å². The maximum Gasteiger partial charge on any atom is 0.368 e. The Morgan fingerprint density at radius 2 is 1.96 bits per heavy atom. The molecule has 27 heavy (non-hydrogen) atoms. The van der Waals surface area contributed by atoms with Crippen molar-refractivity contribution in [2.24, 2.45) is 11.8 Å². The van der Waals surface area contributed by atoms with Crippen LogP contribution in [0.15, 0.2) is 24.3 Å². The molecule has 1 aromatic carbocycles. The second-order valence-electron chi connectivity index (χ2n) is 6.95. The molecule has 0 radical (unpaired) electrons. The Hall–Kier alpha value is -2.06. The number of methoxy groups -OCH3 is 2. The zero-order chi connectivity index (χ0) is 19.8. The Balaban J connectivity index is 2.16. The minimum absolute atomic E-state index is 0.257. The number of carbonyl (C=O) groups excluding carboxylic acids is 3. The van der Waals surface area contributed by atoms with Gasteiger partial charge in [0.15, 0.2) is 0 Å². The van der Waals surface area contributed by atoms with Crippen molar-refractivity contribution in [3.63, 3.8) is 0 Å². The number of rotatable bonds is 6. The van der Waals surface area contributed by atoms with Crippen LogP contribution in [0.5, 0.6) is 5.75 Å². The topological polar surface area (TPSA) is 89.5 Å². The van der Waals surface area contributed by atoms with Gasteiger partial charge < -0.3 is 14.8 Å². The zero-order valence-corrected chi connectivity index (χ0v) is 16.7. The van der Waals surface area contributed by atoms with E-state index in [4.69, 9.17) is 9.47 Å². The second-order valence-corrected chi connectivity index (χ2v) is 7.93. The Kier molecular flexibility index (Phi) is 5.48. The normalized spacial score (nSPS) is 29.8. The number of likely N-dealkylation sites (tertiary alicyclic amines) is 1. The molecule has 0 spiro atoms. The first-order valence-electron chi connectivity index (χ1n) is 8.80. The van der Waals surface area contributed by atoms with E-state index in [0.29, 0.717) is 17.9 Å². The van der Waals surface area contributed by atoms with E-state index in [1.54, 1.807) is 18.9 Å². The van der Waals surface area contributed by atoms with Gasteiger partial charge in [-0.3, -0.25) is 14.5 Å². The molecule has 0 saturated carbocycles. The number of fused-ring (bicyclic) bond motifs is 1. The van der Waals surface area contributed by atoms with Crippen LogP contribution in [0.1, 0.15) is 18.0 Å². The summed E-state index contributed by atoms with van der Waals surface area (Å²) in [4.78, 5) is 40.0. The fraction of sp³-hybridized carbons (Fsp3) is 0.526. The first-order valence-corrected chi connectivity index (χ1v) is 10.2. The van der Waals surface area contributed by atoms with Crippen LogP contribution in [0.25, 0.3) is 0 Å². The fourth-order valence-electron chi connectivity index (χ4n) is 4.49. The molecule has 0 unspecified atom stereocenters. The van der Waals surface area contributed by atoms with Crippen molar-refractivity contribution in [3.8, 4) is 5.75 Å². The number of hydrogen-bond donors (Lipinski definition) is 1. The van der Waals surface area contributed by atoms with Crippen LogP contribution in [0, 0.1) is 11.8 Å². The van der Waals surface area contributed by atoms with Gasteiger partial charge in [0, 0.05) is 13.5 Å². The van der Waals surface area contributed by atoms with Gasteiger partial charge in [-0.2, -0.15) is 11.8 Å². The molecule has 4 atom stereocenters. The van der Waals surface area contributed by atoms with E-state index >= 15 is 0 Å². The van der Waals surface area contributed by atoms with Crippen molar-refractivity contribution < 1.29 is 29.2 Å². The highest BCUT2D eigenvalue weighted by atomic mass is 32.2. The summed E-state index contributed by atoms with van der Waals surface area (Å²) in [6, 6.07) is 7.03. The predicted octanol–water partition coefficient (Wildman–Crippen LogP) is 0.209. The van der Waals surface area contributed by atoms with Crippen molar-refractivity contribution in [1.82, 2.24) is 4.90 Å². The number of quaternary nitrogens is 1. The summed E-state index contributed by atoms with van der Waals surface area (Å²) in [6.07, 6.45) is 2.39. The number of carbonyl (C=O) groups is 3. The molecule has 0 aliphatic carbocycles. The summed E-state index contributed by atoms with van der Waals surface area (Å²) >= 11 is 1.59. The number of nitrogens with zero attached hydrogens (tertiary/aromatic N) is 1. The Morgan fingerprint density at radius 1 is 1.26 bits per heavy atom. The van der Waals surface area contributed by atoms with Gasteiger partial charge in [-0.05, 0) is 24.1 Å². The molecule has 0 bridgehead atoms. The maximum atomic E-state index is 13.0. The van der Waals surface area contributed by atoms with E-state index < -0.39 is 29.4 Å². The van der Waals surface area contributed by atoms with Gasteiger partial charge in [0.25, 0.3) is 0 Å². The Morgan fingerprint density at radius 3 is 2.59 bits per heavy atom. The quantitative estimate of drug-likeness (QED) is 0.549. The van der Waals surface area contributed by atoms with Gasteiger partial charge >= 0.3 is 5.97 Å². The van der Waals surface area contributed by atoms with Crippen molar-refractivity contribution in [2.75, 3.05) is 33.3 Å². The van der Waals surface area contributed by atoms with Gasteiger partial charge in [-0.25, -0.2) is 4.79 Å². The molecule has 2 fully saturated rings. The van der Waals surface area contributed by atoms with Crippen LogP contribution in [-0.4, -0.2) is 61.5 Å². The van der Waals surface area contributed by atoms with Gasteiger partial charge in [-0.15, -0.1) is 0 Å². The molecule has 2 N–H and O–H groups in total. The third-order valence-corrected chi connectivity index (χ3v) is 6.39. The number of para-hydroxylation sites is 1. The van der Waals surface area contributed by atoms with Crippen LogP contribution in [0.4, 0.5) is 0 Å². The summed E-state index contributed by atoms with van der Waals surface area (Å²) in [5, 5.41) is 1.87. The lowest BCUT2D eigenvalue weighted by Crippen LogP contribution is -2.98. The summed E-state index contributed by atoms with van der Waals surface area (Å²) in [5.74, 6) is -1.08. The summed E-state index contributed by atoms with van der Waals surface area (Å²) < 4.78 is 10.6. The molecule has 2 amide bonds. The zero-order valence-electron chi connectivity index (χ0n) is 15.9. The molecule has 1 aromatic rings. The monoisotopic (exact) mass is 393 g/mol. The molecule has 0 aromatic heterocycles. The van der Waals surface area contributed by atoms with Crippen molar-refractivity contribution >= 4 is 29.5 Å². The van der Waals surface area contributed by atoms with E-state index in [0.717, 1.165) is 10.5 Å². The lowest BCUT2D eigenvalue weighted by atomic mass is 9.77. The highest BCUT2D eigenvalue weighted by molar-refractivity contribution is 7.98. The number of ether oxygens (including phenoxy) is 2. The molecule has 146 valence electrons. The van der Waals surface area contributed by atoms with E-state index in [2.05, 4.69) is 0 Å². The number of nitrogens with two attached hydrogens (primary N) is 1. The molecule has 2 aliphatic heterocycles. The van der Waals surface area contributed by atoms with Gasteiger partial charge in [-0.1, -0.05) is 12.1 Å². The number of esters is 1. The molecule has 7 nitrogen and oxygen atoms in total.